The Labute approximate surface area is 229 Å². The van der Waals surface area contributed by atoms with Crippen molar-refractivity contribution in [2.45, 2.75) is 25.3 Å². The molecule has 2 aliphatic heterocycles. The molecule has 1 N–H and O–H groups in total. The maximum absolute atomic E-state index is 13.9. The Morgan fingerprint density at radius 1 is 0.974 bits per heavy atom. The van der Waals surface area contributed by atoms with Crippen LogP contribution in [0.3, 0.4) is 0 Å². The fourth-order valence-electron chi connectivity index (χ4n) is 5.20. The van der Waals surface area contributed by atoms with Crippen LogP contribution in [-0.4, -0.2) is 71.3 Å². The Kier molecular flexibility index (Phi) is 7.66. The third-order valence-electron chi connectivity index (χ3n) is 6.93. The molecule has 39 heavy (non-hydrogen) atoms. The topological polar surface area (TPSA) is 76.2 Å². The summed E-state index contributed by atoms with van der Waals surface area (Å²) >= 11 is 0. The summed E-state index contributed by atoms with van der Waals surface area (Å²) in [4.78, 5) is 44.4. The molecule has 0 saturated carbocycles. The minimum atomic E-state index is -0.893. The molecule has 2 radical (unpaired) electrons. The third-order valence-corrected chi connectivity index (χ3v) is 6.93. The molecule has 3 aromatic rings. The summed E-state index contributed by atoms with van der Waals surface area (Å²) in [6.07, 6.45) is 4.87. The highest BCUT2D eigenvalue weighted by Gasteiger charge is 2.51. The van der Waals surface area contributed by atoms with Gasteiger partial charge in [-0.2, -0.15) is 5.01 Å². The summed E-state index contributed by atoms with van der Waals surface area (Å²) in [5.74, 6) is 2.07. The van der Waals surface area contributed by atoms with Gasteiger partial charge < -0.3 is 15.1 Å². The summed E-state index contributed by atoms with van der Waals surface area (Å²) < 4.78 is 0. The first-order valence-electron chi connectivity index (χ1n) is 12.7. The molecule has 8 nitrogen and oxygen atoms in total. The lowest BCUT2D eigenvalue weighted by Gasteiger charge is -2.54. The Hall–Kier alpha value is -4.55. The number of hydrogen-bond donors (Lipinski definition) is 1. The predicted octanol–water partition coefficient (Wildman–Crippen LogP) is 1.79. The van der Waals surface area contributed by atoms with Gasteiger partial charge in [-0.1, -0.05) is 96.3 Å². The van der Waals surface area contributed by atoms with Crippen LogP contribution in [0, 0.1) is 12.3 Å². The number of benzene rings is 3. The van der Waals surface area contributed by atoms with Crippen LogP contribution in [0.5, 0.6) is 0 Å². The Bertz CT molecular complexity index is 1390. The lowest BCUT2D eigenvalue weighted by atomic mass is 9.94. The van der Waals surface area contributed by atoms with Crippen LogP contribution < -0.4 is 10.8 Å². The number of rotatable bonds is 6. The number of piperazine rings is 1. The van der Waals surface area contributed by atoms with E-state index in [1.807, 2.05) is 78.9 Å². The summed E-state index contributed by atoms with van der Waals surface area (Å²) in [5, 5.41) is 6.03. The Balaban J connectivity index is 1.52. The van der Waals surface area contributed by atoms with Crippen molar-refractivity contribution in [1.29, 1.82) is 0 Å². The van der Waals surface area contributed by atoms with Crippen LogP contribution in [0.2, 0.25) is 0 Å². The fourth-order valence-corrected chi connectivity index (χ4v) is 5.20. The van der Waals surface area contributed by atoms with Crippen LogP contribution in [0.15, 0.2) is 84.9 Å². The average molecular weight is 517 g/mol. The lowest BCUT2D eigenvalue weighted by molar-refractivity contribution is -0.190. The Morgan fingerprint density at radius 3 is 2.36 bits per heavy atom. The minimum absolute atomic E-state index is 0.0635. The maximum Gasteiger partial charge on any atom is 0.334 e. The van der Waals surface area contributed by atoms with Crippen LogP contribution >= 0.6 is 0 Å². The summed E-state index contributed by atoms with van der Waals surface area (Å²) in [6, 6.07) is 24.8. The van der Waals surface area contributed by atoms with E-state index in [4.69, 9.17) is 14.3 Å². The zero-order chi connectivity index (χ0) is 27.4. The molecule has 2 aliphatic rings. The van der Waals surface area contributed by atoms with Crippen molar-refractivity contribution in [3.63, 3.8) is 0 Å². The van der Waals surface area contributed by atoms with Gasteiger partial charge in [-0.05, 0) is 16.7 Å². The van der Waals surface area contributed by atoms with Crippen molar-refractivity contribution in [1.82, 2.24) is 25.1 Å². The predicted molar refractivity (Wildman–Crippen MR) is 148 cm³/mol. The Morgan fingerprint density at radius 2 is 1.67 bits per heavy atom. The van der Waals surface area contributed by atoms with Gasteiger partial charge in [-0.15, -0.1) is 6.42 Å². The number of urea groups is 1. The van der Waals surface area contributed by atoms with E-state index in [2.05, 4.69) is 11.2 Å². The van der Waals surface area contributed by atoms with E-state index in [1.165, 1.54) is 9.91 Å². The maximum atomic E-state index is 13.9. The fraction of sp³-hybridized carbons (Fsp3) is 0.233. The average Bonchev–Trinajstić information content (AvgIpc) is 2.94. The van der Waals surface area contributed by atoms with E-state index in [9.17, 15) is 14.4 Å². The molecule has 9 heteroatoms. The summed E-state index contributed by atoms with van der Waals surface area (Å²) in [7, 11) is 5.99. The first-order valence-corrected chi connectivity index (χ1v) is 12.7. The number of fused-ring (bicyclic) bond motifs is 1. The van der Waals surface area contributed by atoms with Crippen molar-refractivity contribution in [2.24, 2.45) is 0 Å². The standard InChI is InChI=1S/C30H28BN5O3/c1-2-16-34-21-27(37)35-26(36(34)30(39)32-18-22-10-5-3-6-11-22)20-33(19-23-12-9-15-25(31)17-23)29(38)28(35)24-13-7-4-8-14-24/h1,3-15,17,26,28H,16,18-21H2,(H,32,39)/t26-,28-/m0/s1. The van der Waals surface area contributed by atoms with E-state index < -0.39 is 18.2 Å². The van der Waals surface area contributed by atoms with Gasteiger partial charge in [-0.3, -0.25) is 9.59 Å². The molecule has 0 bridgehead atoms. The van der Waals surface area contributed by atoms with Gasteiger partial charge >= 0.3 is 6.03 Å². The molecule has 0 aliphatic carbocycles. The van der Waals surface area contributed by atoms with E-state index in [-0.39, 0.29) is 38.0 Å². The molecule has 3 aromatic carbocycles. The van der Waals surface area contributed by atoms with E-state index in [0.29, 0.717) is 17.6 Å². The van der Waals surface area contributed by atoms with Crippen LogP contribution in [-0.2, 0) is 22.7 Å². The van der Waals surface area contributed by atoms with E-state index >= 15 is 0 Å². The molecule has 2 atom stereocenters. The lowest BCUT2D eigenvalue weighted by Crippen LogP contribution is -2.74. The van der Waals surface area contributed by atoms with Crippen molar-refractivity contribution < 1.29 is 14.4 Å². The van der Waals surface area contributed by atoms with Gasteiger partial charge in [0.15, 0.2) is 0 Å². The number of hydrazine groups is 1. The zero-order valence-electron chi connectivity index (χ0n) is 21.4. The zero-order valence-corrected chi connectivity index (χ0v) is 21.4. The second-order valence-corrected chi connectivity index (χ2v) is 9.57. The monoisotopic (exact) mass is 517 g/mol. The normalized spacial score (nSPS) is 19.4. The minimum Gasteiger partial charge on any atom is -0.333 e. The van der Waals surface area contributed by atoms with E-state index in [0.717, 1.165) is 11.1 Å². The van der Waals surface area contributed by atoms with Crippen LogP contribution in [0.1, 0.15) is 22.7 Å². The highest BCUT2D eigenvalue weighted by atomic mass is 16.2. The number of nitrogens with one attached hydrogen (secondary N) is 1. The molecule has 0 spiro atoms. The molecular weight excluding hydrogens is 489 g/mol. The van der Waals surface area contributed by atoms with Crippen molar-refractivity contribution in [2.75, 3.05) is 19.6 Å². The smallest absolute Gasteiger partial charge is 0.333 e. The molecule has 2 saturated heterocycles. The molecule has 2 fully saturated rings. The largest absolute Gasteiger partial charge is 0.334 e. The van der Waals surface area contributed by atoms with Crippen molar-refractivity contribution in [3.8, 4) is 12.3 Å². The highest BCUT2D eigenvalue weighted by molar-refractivity contribution is 6.32. The molecule has 0 aromatic heterocycles. The van der Waals surface area contributed by atoms with Crippen LogP contribution in [0.25, 0.3) is 0 Å². The number of carbonyl (C=O) groups excluding carboxylic acids is 3. The SMILES string of the molecule is [B]c1cccc(CN2C[C@H]3N(C(=O)CN(CC#C)N3C(=O)NCc3ccccc3)[C@@H](c3ccccc3)C2=O)c1. The molecule has 0 unspecified atom stereocenters. The van der Waals surface area contributed by atoms with E-state index in [1.54, 1.807) is 16.0 Å². The van der Waals surface area contributed by atoms with Crippen molar-refractivity contribution >= 4 is 31.2 Å². The molecule has 4 amide bonds. The second kappa shape index (κ2) is 11.5. The number of hydrogen-bond acceptors (Lipinski definition) is 4. The van der Waals surface area contributed by atoms with Gasteiger partial charge in [0.25, 0.3) is 5.91 Å². The molecule has 5 rings (SSSR count). The first-order chi connectivity index (χ1) is 19.0. The molecular formula is C30H28BN5O3. The number of nitrogens with zero attached hydrogens (tertiary/aromatic N) is 4. The van der Waals surface area contributed by atoms with Gasteiger partial charge in [0.2, 0.25) is 5.91 Å². The number of terminal acetylenes is 1. The molecule has 194 valence electrons. The quantitative estimate of drug-likeness (QED) is 0.400. The third kappa shape index (κ3) is 5.52. The van der Waals surface area contributed by atoms with Gasteiger partial charge in [0, 0.05) is 13.1 Å². The number of carbonyl (C=O) groups is 3. The van der Waals surface area contributed by atoms with Gasteiger partial charge in [-0.25, -0.2) is 9.80 Å². The summed E-state index contributed by atoms with van der Waals surface area (Å²) in [5.41, 5.74) is 3.05. The summed E-state index contributed by atoms with van der Waals surface area (Å²) in [6.45, 7) is 0.636. The number of amides is 4. The highest BCUT2D eigenvalue weighted by Crippen LogP contribution is 2.35. The second-order valence-electron chi connectivity index (χ2n) is 9.57. The van der Waals surface area contributed by atoms with Gasteiger partial charge in [0.1, 0.15) is 20.1 Å². The van der Waals surface area contributed by atoms with Gasteiger partial charge in [0.05, 0.1) is 19.6 Å². The van der Waals surface area contributed by atoms with Crippen molar-refractivity contribution in [3.05, 3.63) is 102 Å². The van der Waals surface area contributed by atoms with Crippen LogP contribution in [0.4, 0.5) is 4.79 Å². The molecule has 2 heterocycles. The first kappa shape index (κ1) is 26.1.